The maximum absolute atomic E-state index is 10.8. The number of benzene rings is 1. The van der Waals surface area contributed by atoms with E-state index in [9.17, 15) is 10.1 Å². The molecule has 0 amide bonds. The Hall–Kier alpha value is -1.66. The van der Waals surface area contributed by atoms with Crippen LogP contribution in [0.1, 0.15) is 12.0 Å². The van der Waals surface area contributed by atoms with E-state index in [0.29, 0.717) is 12.6 Å². The van der Waals surface area contributed by atoms with E-state index in [-0.39, 0.29) is 11.4 Å². The summed E-state index contributed by atoms with van der Waals surface area (Å²) in [6.45, 7) is 2.18. The molecule has 0 bridgehead atoms. The van der Waals surface area contributed by atoms with Gasteiger partial charge in [0.2, 0.25) is 0 Å². The molecular formula is C12H17N3O3. The summed E-state index contributed by atoms with van der Waals surface area (Å²) in [5, 5.41) is 10.8. The zero-order chi connectivity index (χ0) is 13.1. The Balaban J connectivity index is 2.09. The topological polar surface area (TPSA) is 81.6 Å². The van der Waals surface area contributed by atoms with Gasteiger partial charge in [0.15, 0.2) is 0 Å². The van der Waals surface area contributed by atoms with Gasteiger partial charge in [-0.1, -0.05) is 6.07 Å². The fraction of sp³-hybridized carbons (Fsp3) is 0.500. The second kappa shape index (κ2) is 5.32. The molecule has 0 spiro atoms. The maximum Gasteiger partial charge on any atom is 0.292 e. The van der Waals surface area contributed by atoms with Crippen LogP contribution in [0.3, 0.4) is 0 Å². The van der Waals surface area contributed by atoms with Gasteiger partial charge in [0.25, 0.3) is 5.69 Å². The summed E-state index contributed by atoms with van der Waals surface area (Å²) in [6, 6.07) is 5.35. The van der Waals surface area contributed by atoms with E-state index in [0.717, 1.165) is 25.2 Å². The van der Waals surface area contributed by atoms with Crippen molar-refractivity contribution in [2.75, 3.05) is 26.0 Å². The van der Waals surface area contributed by atoms with E-state index in [4.69, 9.17) is 10.5 Å². The predicted octanol–water partition coefficient (Wildman–Crippen LogP) is 1.40. The highest BCUT2D eigenvalue weighted by Gasteiger charge is 2.21. The Kier molecular flexibility index (Phi) is 3.78. The van der Waals surface area contributed by atoms with Crippen molar-refractivity contribution in [3.8, 4) is 0 Å². The quantitative estimate of drug-likeness (QED) is 0.497. The molecule has 1 saturated heterocycles. The first kappa shape index (κ1) is 12.8. The van der Waals surface area contributed by atoms with Gasteiger partial charge in [-0.25, -0.2) is 0 Å². The normalized spacial score (nSPS) is 19.3. The monoisotopic (exact) mass is 251 g/mol. The molecule has 1 aromatic carbocycles. The molecule has 18 heavy (non-hydrogen) atoms. The SMILES string of the molecule is CN(Cc1ccc(N)c([N+](=O)[O-])c1)C1CCOC1. The molecule has 98 valence electrons. The number of hydrogen-bond donors (Lipinski definition) is 1. The van der Waals surface area contributed by atoms with Crippen LogP contribution in [0.2, 0.25) is 0 Å². The highest BCUT2D eigenvalue weighted by molar-refractivity contribution is 5.59. The van der Waals surface area contributed by atoms with E-state index in [2.05, 4.69) is 4.90 Å². The lowest BCUT2D eigenvalue weighted by Crippen LogP contribution is -2.31. The van der Waals surface area contributed by atoms with Crippen LogP contribution in [0.4, 0.5) is 11.4 Å². The number of nitro groups is 1. The molecule has 0 saturated carbocycles. The average molecular weight is 251 g/mol. The van der Waals surface area contributed by atoms with E-state index < -0.39 is 4.92 Å². The molecule has 2 N–H and O–H groups in total. The highest BCUT2D eigenvalue weighted by atomic mass is 16.6. The van der Waals surface area contributed by atoms with Crippen molar-refractivity contribution in [2.24, 2.45) is 0 Å². The highest BCUT2D eigenvalue weighted by Crippen LogP contribution is 2.23. The van der Waals surface area contributed by atoms with Crippen LogP contribution in [0, 0.1) is 10.1 Å². The first-order valence-corrected chi connectivity index (χ1v) is 5.88. The van der Waals surface area contributed by atoms with E-state index >= 15 is 0 Å². The summed E-state index contributed by atoms with van der Waals surface area (Å²) in [5.74, 6) is 0. The van der Waals surface area contributed by atoms with E-state index in [1.807, 2.05) is 13.1 Å². The van der Waals surface area contributed by atoms with E-state index in [1.165, 1.54) is 0 Å². The fourth-order valence-electron chi connectivity index (χ4n) is 2.13. The average Bonchev–Trinajstić information content (AvgIpc) is 2.85. The lowest BCUT2D eigenvalue weighted by Gasteiger charge is -2.22. The smallest absolute Gasteiger partial charge is 0.292 e. The van der Waals surface area contributed by atoms with Crippen LogP contribution in [0.5, 0.6) is 0 Å². The number of hydrogen-bond acceptors (Lipinski definition) is 5. The number of likely N-dealkylation sites (N-methyl/N-ethyl adjacent to an activating group) is 1. The van der Waals surface area contributed by atoms with Gasteiger partial charge >= 0.3 is 0 Å². The molecule has 0 radical (unpaired) electrons. The van der Waals surface area contributed by atoms with Crippen molar-refractivity contribution < 1.29 is 9.66 Å². The summed E-state index contributed by atoms with van der Waals surface area (Å²) in [6.07, 6.45) is 1.01. The molecule has 1 aliphatic heterocycles. The van der Waals surface area contributed by atoms with Crippen molar-refractivity contribution in [2.45, 2.75) is 19.0 Å². The first-order valence-electron chi connectivity index (χ1n) is 5.88. The second-order valence-corrected chi connectivity index (χ2v) is 4.58. The molecule has 0 aromatic heterocycles. The van der Waals surface area contributed by atoms with Crippen molar-refractivity contribution >= 4 is 11.4 Å². The number of rotatable bonds is 4. The molecule has 1 atom stereocenters. The molecular weight excluding hydrogens is 234 g/mol. The minimum absolute atomic E-state index is 0.0245. The number of nitro benzene ring substituents is 1. The van der Waals surface area contributed by atoms with Crippen LogP contribution >= 0.6 is 0 Å². The van der Waals surface area contributed by atoms with Crippen LogP contribution < -0.4 is 5.73 Å². The number of nitrogens with two attached hydrogens (primary N) is 1. The van der Waals surface area contributed by atoms with Gasteiger partial charge in [0.1, 0.15) is 5.69 Å². The summed E-state index contributed by atoms with van der Waals surface area (Å²) < 4.78 is 5.33. The Morgan fingerprint density at radius 1 is 1.61 bits per heavy atom. The molecule has 0 aliphatic carbocycles. The van der Waals surface area contributed by atoms with Gasteiger partial charge in [-0.15, -0.1) is 0 Å². The van der Waals surface area contributed by atoms with E-state index in [1.54, 1.807) is 12.1 Å². The predicted molar refractivity (Wildman–Crippen MR) is 68.2 cm³/mol. The molecule has 1 aliphatic rings. The van der Waals surface area contributed by atoms with Crippen molar-refractivity contribution in [3.63, 3.8) is 0 Å². The van der Waals surface area contributed by atoms with Gasteiger partial charge in [0.05, 0.1) is 11.5 Å². The molecule has 1 fully saturated rings. The van der Waals surface area contributed by atoms with Crippen LogP contribution in [0.25, 0.3) is 0 Å². The van der Waals surface area contributed by atoms with Gasteiger partial charge in [-0.05, 0) is 25.1 Å². The number of anilines is 1. The lowest BCUT2D eigenvalue weighted by atomic mass is 10.1. The minimum Gasteiger partial charge on any atom is -0.393 e. The first-order chi connectivity index (χ1) is 8.58. The Labute approximate surface area is 105 Å². The Morgan fingerprint density at radius 2 is 2.39 bits per heavy atom. The third-order valence-electron chi connectivity index (χ3n) is 3.25. The van der Waals surface area contributed by atoms with Crippen molar-refractivity contribution in [3.05, 3.63) is 33.9 Å². The largest absolute Gasteiger partial charge is 0.393 e. The molecule has 6 nitrogen and oxygen atoms in total. The third kappa shape index (κ3) is 2.77. The number of ether oxygens (including phenoxy) is 1. The fourth-order valence-corrected chi connectivity index (χ4v) is 2.13. The minimum atomic E-state index is -0.447. The van der Waals surface area contributed by atoms with Gasteiger partial charge < -0.3 is 10.5 Å². The van der Waals surface area contributed by atoms with Crippen molar-refractivity contribution in [1.82, 2.24) is 4.90 Å². The summed E-state index contributed by atoms with van der Waals surface area (Å²) in [4.78, 5) is 12.5. The molecule has 1 heterocycles. The van der Waals surface area contributed by atoms with Crippen LogP contribution in [-0.4, -0.2) is 36.1 Å². The molecule has 2 rings (SSSR count). The zero-order valence-corrected chi connectivity index (χ0v) is 10.3. The second-order valence-electron chi connectivity index (χ2n) is 4.58. The van der Waals surface area contributed by atoms with Gasteiger partial charge in [0, 0.05) is 25.3 Å². The summed E-state index contributed by atoms with van der Waals surface area (Å²) in [5.41, 5.74) is 6.64. The summed E-state index contributed by atoms with van der Waals surface area (Å²) >= 11 is 0. The molecule has 6 heteroatoms. The molecule has 1 unspecified atom stereocenters. The van der Waals surface area contributed by atoms with Crippen molar-refractivity contribution in [1.29, 1.82) is 0 Å². The standard InChI is InChI=1S/C12H17N3O3/c1-14(10-4-5-18-8-10)7-9-2-3-11(13)12(6-9)15(16)17/h2-3,6,10H,4-5,7-8,13H2,1H3. The Morgan fingerprint density at radius 3 is 3.00 bits per heavy atom. The number of nitrogen functional groups attached to an aromatic ring is 1. The van der Waals surface area contributed by atoms with Gasteiger partial charge in [-0.2, -0.15) is 0 Å². The lowest BCUT2D eigenvalue weighted by molar-refractivity contribution is -0.384. The van der Waals surface area contributed by atoms with Crippen LogP contribution in [0.15, 0.2) is 18.2 Å². The number of nitrogens with zero attached hydrogens (tertiary/aromatic N) is 2. The maximum atomic E-state index is 10.8. The summed E-state index contributed by atoms with van der Waals surface area (Å²) in [7, 11) is 2.00. The third-order valence-corrected chi connectivity index (χ3v) is 3.25. The Bertz CT molecular complexity index is 444. The van der Waals surface area contributed by atoms with Gasteiger partial charge in [-0.3, -0.25) is 15.0 Å². The van der Waals surface area contributed by atoms with Crippen LogP contribution in [-0.2, 0) is 11.3 Å². The zero-order valence-electron chi connectivity index (χ0n) is 10.3. The molecule has 1 aromatic rings.